The molecule has 0 bridgehead atoms. The van der Waals surface area contributed by atoms with Crippen molar-refractivity contribution < 1.29 is 19.0 Å². The van der Waals surface area contributed by atoms with Gasteiger partial charge >= 0.3 is 6.09 Å². The molecule has 1 aromatic heterocycles. The molecule has 0 aliphatic carbocycles. The van der Waals surface area contributed by atoms with Crippen LogP contribution in [0, 0.1) is 6.92 Å². The van der Waals surface area contributed by atoms with Gasteiger partial charge in [0.1, 0.15) is 11.8 Å². The average molecular weight is 324 g/mol. The first-order valence-electron chi connectivity index (χ1n) is 7.90. The molecule has 1 aromatic rings. The number of halogens is 1. The maximum absolute atomic E-state index is 13.8. The Kier molecular flexibility index (Phi) is 5.24. The molecule has 1 aliphatic heterocycles. The molecule has 0 aromatic carbocycles. The third kappa shape index (κ3) is 4.89. The molecular weight excluding hydrogens is 299 g/mol. The highest BCUT2D eigenvalue weighted by Gasteiger charge is 2.41. The minimum Gasteiger partial charge on any atom is -0.444 e. The average Bonchev–Trinajstić information content (AvgIpc) is 2.79. The summed E-state index contributed by atoms with van der Waals surface area (Å²) in [4.78, 5) is 17.9. The summed E-state index contributed by atoms with van der Waals surface area (Å²) in [6.45, 7) is 7.11. The van der Waals surface area contributed by atoms with Gasteiger partial charge in [-0.1, -0.05) is 6.07 Å². The lowest BCUT2D eigenvalue weighted by Gasteiger charge is -2.30. The molecule has 1 fully saturated rings. The largest absolute Gasteiger partial charge is 0.444 e. The molecular formula is C17H25FN2O3. The Morgan fingerprint density at radius 1 is 1.52 bits per heavy atom. The summed E-state index contributed by atoms with van der Waals surface area (Å²) in [5, 5.41) is 10.5. The minimum absolute atomic E-state index is 0.0438. The van der Waals surface area contributed by atoms with Crippen LogP contribution in [0.3, 0.4) is 0 Å². The maximum Gasteiger partial charge on any atom is 0.410 e. The van der Waals surface area contributed by atoms with Crippen LogP contribution in [0.4, 0.5) is 9.18 Å². The number of alkyl halides is 1. The number of amides is 1. The van der Waals surface area contributed by atoms with E-state index in [1.54, 1.807) is 20.8 Å². The van der Waals surface area contributed by atoms with E-state index in [0.29, 0.717) is 0 Å². The Morgan fingerprint density at radius 2 is 2.22 bits per heavy atom. The first-order chi connectivity index (χ1) is 10.7. The quantitative estimate of drug-likeness (QED) is 0.928. The number of aliphatic hydroxyl groups excluding tert-OH is 1. The van der Waals surface area contributed by atoms with E-state index in [4.69, 9.17) is 4.74 Å². The van der Waals surface area contributed by atoms with Gasteiger partial charge < -0.3 is 9.84 Å². The number of pyridine rings is 1. The predicted molar refractivity (Wildman–Crippen MR) is 84.9 cm³/mol. The van der Waals surface area contributed by atoms with Crippen LogP contribution >= 0.6 is 0 Å². The lowest BCUT2D eigenvalue weighted by molar-refractivity contribution is 0.00497. The number of hydrogen-bond donors (Lipinski definition) is 1. The maximum atomic E-state index is 13.8. The van der Waals surface area contributed by atoms with Crippen molar-refractivity contribution in [3.8, 4) is 0 Å². The minimum atomic E-state index is -1.15. The van der Waals surface area contributed by atoms with E-state index in [9.17, 15) is 14.3 Å². The second-order valence-electron chi connectivity index (χ2n) is 7.07. The van der Waals surface area contributed by atoms with Crippen LogP contribution in [-0.4, -0.2) is 51.5 Å². The zero-order valence-electron chi connectivity index (χ0n) is 14.1. The number of carbonyl (C=O) groups is 1. The number of aromatic nitrogens is 1. The molecule has 1 saturated heterocycles. The molecule has 0 spiro atoms. The third-order valence-electron chi connectivity index (χ3n) is 3.73. The van der Waals surface area contributed by atoms with Crippen LogP contribution < -0.4 is 0 Å². The van der Waals surface area contributed by atoms with Gasteiger partial charge in [-0.05, 0) is 39.8 Å². The first-order valence-corrected chi connectivity index (χ1v) is 7.90. The van der Waals surface area contributed by atoms with Crippen molar-refractivity contribution in [1.82, 2.24) is 9.88 Å². The highest BCUT2D eigenvalue weighted by molar-refractivity contribution is 5.69. The van der Waals surface area contributed by atoms with Gasteiger partial charge in [0.2, 0.25) is 0 Å². The molecule has 5 nitrogen and oxygen atoms in total. The Balaban J connectivity index is 2.07. The molecule has 0 saturated carbocycles. The van der Waals surface area contributed by atoms with E-state index < -0.39 is 30.0 Å². The van der Waals surface area contributed by atoms with E-state index in [-0.39, 0.29) is 19.4 Å². The van der Waals surface area contributed by atoms with Crippen molar-refractivity contribution >= 4 is 6.09 Å². The van der Waals surface area contributed by atoms with Gasteiger partial charge in [-0.2, -0.15) is 0 Å². The number of aryl methyl sites for hydroxylation is 1. The molecule has 128 valence electrons. The van der Waals surface area contributed by atoms with E-state index in [2.05, 4.69) is 4.98 Å². The summed E-state index contributed by atoms with van der Waals surface area (Å²) in [7, 11) is 0. The number of nitrogens with zero attached hydrogens (tertiary/aromatic N) is 2. The number of ether oxygens (including phenoxy) is 1. The van der Waals surface area contributed by atoms with Crippen LogP contribution in [0.5, 0.6) is 0 Å². The molecule has 1 aliphatic rings. The van der Waals surface area contributed by atoms with Gasteiger partial charge in [0.15, 0.2) is 0 Å². The molecule has 6 heteroatoms. The van der Waals surface area contributed by atoms with Crippen LogP contribution in [0.25, 0.3) is 0 Å². The standard InChI is InChI=1S/C17H25FN2O3/c1-11-6-5-7-13(19-11)9-15(21)14-8-12(18)10-20(14)16(22)23-17(2,3)4/h5-7,12,14-15,21H,8-10H2,1-4H3/t12-,14-,15+/m1/s1. The van der Waals surface area contributed by atoms with Crippen molar-refractivity contribution in [2.24, 2.45) is 0 Å². The lowest BCUT2D eigenvalue weighted by Crippen LogP contribution is -2.45. The van der Waals surface area contributed by atoms with E-state index >= 15 is 0 Å². The fraction of sp³-hybridized carbons (Fsp3) is 0.647. The molecule has 0 radical (unpaired) electrons. The van der Waals surface area contributed by atoms with Crippen molar-refractivity contribution in [1.29, 1.82) is 0 Å². The lowest BCUT2D eigenvalue weighted by atomic mass is 10.0. The molecule has 23 heavy (non-hydrogen) atoms. The summed E-state index contributed by atoms with van der Waals surface area (Å²) in [5.74, 6) is 0. The van der Waals surface area contributed by atoms with Gasteiger partial charge in [0, 0.05) is 24.2 Å². The van der Waals surface area contributed by atoms with Crippen molar-refractivity contribution in [3.05, 3.63) is 29.6 Å². The summed E-state index contributed by atoms with van der Waals surface area (Å²) >= 11 is 0. The number of aliphatic hydroxyl groups is 1. The first kappa shape index (κ1) is 17.7. The molecule has 2 rings (SSSR count). The van der Waals surface area contributed by atoms with E-state index in [1.807, 2.05) is 25.1 Å². The smallest absolute Gasteiger partial charge is 0.410 e. The topological polar surface area (TPSA) is 62.7 Å². The number of hydrogen-bond acceptors (Lipinski definition) is 4. The molecule has 1 N–H and O–H groups in total. The molecule has 3 atom stereocenters. The normalized spacial score (nSPS) is 23.0. The Labute approximate surface area is 136 Å². The molecule has 0 unspecified atom stereocenters. The van der Waals surface area contributed by atoms with Crippen LogP contribution in [0.2, 0.25) is 0 Å². The second kappa shape index (κ2) is 6.83. The van der Waals surface area contributed by atoms with Gasteiger partial charge in [0.05, 0.1) is 18.7 Å². The van der Waals surface area contributed by atoms with Crippen molar-refractivity contribution in [2.45, 2.75) is 64.5 Å². The zero-order chi connectivity index (χ0) is 17.2. The fourth-order valence-corrected chi connectivity index (χ4v) is 2.77. The van der Waals surface area contributed by atoms with Crippen LogP contribution in [0.1, 0.15) is 38.6 Å². The monoisotopic (exact) mass is 324 g/mol. The summed E-state index contributed by atoms with van der Waals surface area (Å²) in [6, 6.07) is 4.95. The van der Waals surface area contributed by atoms with Crippen molar-refractivity contribution in [2.75, 3.05) is 6.54 Å². The third-order valence-corrected chi connectivity index (χ3v) is 3.73. The van der Waals surface area contributed by atoms with Gasteiger partial charge in [-0.15, -0.1) is 0 Å². The Morgan fingerprint density at radius 3 is 2.83 bits per heavy atom. The second-order valence-corrected chi connectivity index (χ2v) is 7.07. The molecule has 1 amide bonds. The number of likely N-dealkylation sites (tertiary alicyclic amines) is 1. The number of rotatable bonds is 3. The fourth-order valence-electron chi connectivity index (χ4n) is 2.77. The predicted octanol–water partition coefficient (Wildman–Crippen LogP) is 2.64. The van der Waals surface area contributed by atoms with Gasteiger partial charge in [-0.25, -0.2) is 9.18 Å². The van der Waals surface area contributed by atoms with Crippen LogP contribution in [-0.2, 0) is 11.2 Å². The van der Waals surface area contributed by atoms with Gasteiger partial charge in [0.25, 0.3) is 0 Å². The summed E-state index contributed by atoms with van der Waals surface area (Å²) in [6.07, 6.45) is -2.21. The summed E-state index contributed by atoms with van der Waals surface area (Å²) < 4.78 is 19.1. The summed E-state index contributed by atoms with van der Waals surface area (Å²) in [5.41, 5.74) is 0.927. The van der Waals surface area contributed by atoms with E-state index in [1.165, 1.54) is 4.90 Å². The van der Waals surface area contributed by atoms with Gasteiger partial charge in [-0.3, -0.25) is 9.88 Å². The van der Waals surface area contributed by atoms with Crippen molar-refractivity contribution in [3.63, 3.8) is 0 Å². The zero-order valence-corrected chi connectivity index (χ0v) is 14.1. The Hall–Kier alpha value is -1.69. The highest BCUT2D eigenvalue weighted by atomic mass is 19.1. The number of carbonyl (C=O) groups excluding carboxylic acids is 1. The van der Waals surface area contributed by atoms with E-state index in [0.717, 1.165) is 11.4 Å². The van der Waals surface area contributed by atoms with Crippen LogP contribution in [0.15, 0.2) is 18.2 Å². The molecule has 2 heterocycles. The highest BCUT2D eigenvalue weighted by Crippen LogP contribution is 2.26. The Bertz CT molecular complexity index is 559. The SMILES string of the molecule is Cc1cccc(C[C@H](O)[C@H]2C[C@@H](F)CN2C(=O)OC(C)(C)C)n1.